The molecule has 6 nitrogen and oxygen atoms in total. The molecule has 0 unspecified atom stereocenters. The van der Waals surface area contributed by atoms with Crippen molar-refractivity contribution >= 4 is 21.9 Å². The van der Waals surface area contributed by atoms with Crippen LogP contribution in [0.4, 0.5) is 0 Å². The molecule has 0 spiro atoms. The zero-order valence-electron chi connectivity index (χ0n) is 13.8. The highest BCUT2D eigenvalue weighted by Crippen LogP contribution is 2.12. The molecule has 1 N–H and O–H groups in total. The fourth-order valence-corrected chi connectivity index (χ4v) is 2.48. The summed E-state index contributed by atoms with van der Waals surface area (Å²) in [5, 5.41) is 11.4. The predicted octanol–water partition coefficient (Wildman–Crippen LogP) is 2.66. The van der Waals surface area contributed by atoms with E-state index in [1.807, 2.05) is 11.6 Å². The lowest BCUT2D eigenvalue weighted by atomic mass is 10.2. The summed E-state index contributed by atoms with van der Waals surface area (Å²) in [6, 6.07) is 8.32. The summed E-state index contributed by atoms with van der Waals surface area (Å²) >= 11 is 3.46. The Kier molecular flexibility index (Phi) is 6.58. The highest BCUT2D eigenvalue weighted by molar-refractivity contribution is 9.10. The second-order valence-electron chi connectivity index (χ2n) is 5.19. The van der Waals surface area contributed by atoms with E-state index < -0.39 is 0 Å². The summed E-state index contributed by atoms with van der Waals surface area (Å²) in [5.41, 5.74) is 1.23. The molecule has 1 heterocycles. The Balaban J connectivity index is 2.06. The van der Waals surface area contributed by atoms with E-state index in [0.29, 0.717) is 6.54 Å². The van der Waals surface area contributed by atoms with Crippen LogP contribution in [0.5, 0.6) is 0 Å². The van der Waals surface area contributed by atoms with Crippen molar-refractivity contribution in [3.8, 4) is 0 Å². The van der Waals surface area contributed by atoms with Gasteiger partial charge in [-0.1, -0.05) is 28.1 Å². The van der Waals surface area contributed by atoms with Crippen LogP contribution in [-0.2, 0) is 19.6 Å². The number of nitrogens with one attached hydrogen (secondary N) is 1. The average molecular weight is 379 g/mol. The summed E-state index contributed by atoms with van der Waals surface area (Å²) < 4.78 is 3.09. The van der Waals surface area contributed by atoms with Crippen molar-refractivity contribution in [1.29, 1.82) is 0 Å². The van der Waals surface area contributed by atoms with Crippen LogP contribution in [0.3, 0.4) is 0 Å². The molecule has 0 aliphatic carbocycles. The van der Waals surface area contributed by atoms with Gasteiger partial charge >= 0.3 is 0 Å². The summed E-state index contributed by atoms with van der Waals surface area (Å²) in [5.74, 6) is 1.74. The van der Waals surface area contributed by atoms with Crippen molar-refractivity contribution in [1.82, 2.24) is 25.0 Å². The van der Waals surface area contributed by atoms with E-state index in [4.69, 9.17) is 0 Å². The van der Waals surface area contributed by atoms with Gasteiger partial charge in [0.15, 0.2) is 11.8 Å². The number of rotatable bonds is 6. The molecule has 2 aromatic rings. The van der Waals surface area contributed by atoms with Crippen LogP contribution in [0.25, 0.3) is 0 Å². The molecule has 0 amide bonds. The molecule has 23 heavy (non-hydrogen) atoms. The van der Waals surface area contributed by atoms with Gasteiger partial charge in [0, 0.05) is 31.2 Å². The molecular formula is C16H23BrN6. The van der Waals surface area contributed by atoms with Crippen LogP contribution in [-0.4, -0.2) is 39.2 Å². The van der Waals surface area contributed by atoms with E-state index in [9.17, 15) is 0 Å². The van der Waals surface area contributed by atoms with Gasteiger partial charge in [-0.2, -0.15) is 0 Å². The maximum Gasteiger partial charge on any atom is 0.194 e. The number of aliphatic imine (C=N–C) groups is 1. The number of aromatic nitrogens is 3. The highest BCUT2D eigenvalue weighted by Gasteiger charge is 2.08. The number of hydrogen-bond donors (Lipinski definition) is 1. The van der Waals surface area contributed by atoms with E-state index in [1.54, 1.807) is 6.33 Å². The van der Waals surface area contributed by atoms with Crippen molar-refractivity contribution in [2.75, 3.05) is 13.6 Å². The highest BCUT2D eigenvalue weighted by atomic mass is 79.9. The molecule has 0 aliphatic heterocycles. The fourth-order valence-electron chi connectivity index (χ4n) is 2.22. The lowest BCUT2D eigenvalue weighted by Gasteiger charge is -2.22. The van der Waals surface area contributed by atoms with E-state index in [0.717, 1.165) is 35.9 Å². The number of aryl methyl sites for hydroxylation is 1. The SMILES string of the molecule is CCNC(=NCc1nncn1CC)N(C)Cc1ccc(Br)cc1. The van der Waals surface area contributed by atoms with Crippen molar-refractivity contribution in [2.24, 2.45) is 4.99 Å². The lowest BCUT2D eigenvalue weighted by molar-refractivity contribution is 0.476. The van der Waals surface area contributed by atoms with Crippen LogP contribution in [0, 0.1) is 0 Å². The number of guanidine groups is 1. The van der Waals surface area contributed by atoms with Gasteiger partial charge in [0.1, 0.15) is 12.9 Å². The number of benzene rings is 1. The minimum Gasteiger partial charge on any atom is -0.357 e. The van der Waals surface area contributed by atoms with Crippen LogP contribution >= 0.6 is 15.9 Å². The molecule has 0 aliphatic rings. The summed E-state index contributed by atoms with van der Waals surface area (Å²) in [7, 11) is 2.04. The second-order valence-corrected chi connectivity index (χ2v) is 6.10. The molecule has 0 fully saturated rings. The third kappa shape index (κ3) is 5.06. The molecule has 7 heteroatoms. The smallest absolute Gasteiger partial charge is 0.194 e. The van der Waals surface area contributed by atoms with Gasteiger partial charge in [-0.05, 0) is 31.5 Å². The molecule has 0 bridgehead atoms. The monoisotopic (exact) mass is 378 g/mol. The normalized spacial score (nSPS) is 11.6. The van der Waals surface area contributed by atoms with Gasteiger partial charge in [-0.25, -0.2) is 4.99 Å². The van der Waals surface area contributed by atoms with Crippen molar-refractivity contribution < 1.29 is 0 Å². The molecular weight excluding hydrogens is 356 g/mol. The first-order valence-corrected chi connectivity index (χ1v) is 8.53. The maximum atomic E-state index is 4.68. The second kappa shape index (κ2) is 8.67. The Labute approximate surface area is 145 Å². The van der Waals surface area contributed by atoms with Gasteiger partial charge in [0.25, 0.3) is 0 Å². The topological polar surface area (TPSA) is 58.3 Å². The Morgan fingerprint density at radius 3 is 2.70 bits per heavy atom. The number of halogens is 1. The Bertz CT molecular complexity index is 634. The molecule has 0 saturated heterocycles. The van der Waals surface area contributed by atoms with Gasteiger partial charge in [-0.15, -0.1) is 10.2 Å². The maximum absolute atomic E-state index is 4.68. The van der Waals surface area contributed by atoms with E-state index in [-0.39, 0.29) is 0 Å². The molecule has 1 aromatic heterocycles. The van der Waals surface area contributed by atoms with Gasteiger partial charge in [-0.3, -0.25) is 0 Å². The van der Waals surface area contributed by atoms with Gasteiger partial charge < -0.3 is 14.8 Å². The average Bonchev–Trinajstić information content (AvgIpc) is 3.01. The Hall–Kier alpha value is -1.89. The van der Waals surface area contributed by atoms with Crippen LogP contribution in [0.1, 0.15) is 25.2 Å². The predicted molar refractivity (Wildman–Crippen MR) is 96.1 cm³/mol. The van der Waals surface area contributed by atoms with E-state index >= 15 is 0 Å². The Morgan fingerprint density at radius 2 is 2.04 bits per heavy atom. The third-order valence-electron chi connectivity index (χ3n) is 3.44. The molecule has 0 atom stereocenters. The first-order valence-electron chi connectivity index (χ1n) is 7.74. The van der Waals surface area contributed by atoms with E-state index in [2.05, 4.69) is 79.4 Å². The van der Waals surface area contributed by atoms with Crippen molar-refractivity contribution in [2.45, 2.75) is 33.5 Å². The molecule has 124 valence electrons. The van der Waals surface area contributed by atoms with Crippen molar-refractivity contribution in [3.63, 3.8) is 0 Å². The minimum absolute atomic E-state index is 0.515. The summed E-state index contributed by atoms with van der Waals surface area (Å²) in [4.78, 5) is 6.79. The van der Waals surface area contributed by atoms with Gasteiger partial charge in [0.05, 0.1) is 0 Å². The third-order valence-corrected chi connectivity index (χ3v) is 3.96. The fraction of sp³-hybridized carbons (Fsp3) is 0.438. The Morgan fingerprint density at radius 1 is 1.30 bits per heavy atom. The summed E-state index contributed by atoms with van der Waals surface area (Å²) in [6.45, 7) is 7.12. The molecule has 0 saturated carbocycles. The molecule has 0 radical (unpaired) electrons. The largest absolute Gasteiger partial charge is 0.357 e. The zero-order chi connectivity index (χ0) is 16.7. The molecule has 1 aromatic carbocycles. The quantitative estimate of drug-likeness (QED) is 0.619. The first-order chi connectivity index (χ1) is 11.1. The minimum atomic E-state index is 0.515. The van der Waals surface area contributed by atoms with Gasteiger partial charge in [0.2, 0.25) is 0 Å². The zero-order valence-corrected chi connectivity index (χ0v) is 15.4. The van der Waals surface area contributed by atoms with E-state index in [1.165, 1.54) is 5.56 Å². The number of hydrogen-bond acceptors (Lipinski definition) is 3. The van der Waals surface area contributed by atoms with Crippen LogP contribution in [0.2, 0.25) is 0 Å². The first kappa shape index (κ1) is 17.5. The lowest BCUT2D eigenvalue weighted by Crippen LogP contribution is -2.38. The van der Waals surface area contributed by atoms with Crippen LogP contribution in [0.15, 0.2) is 40.1 Å². The van der Waals surface area contributed by atoms with Crippen LogP contribution < -0.4 is 5.32 Å². The number of nitrogens with zero attached hydrogens (tertiary/aromatic N) is 5. The summed E-state index contributed by atoms with van der Waals surface area (Å²) in [6.07, 6.45) is 1.74. The standard InChI is InChI=1S/C16H23BrN6/c1-4-18-16(19-10-15-21-20-12-23(15)5-2)22(3)11-13-6-8-14(17)9-7-13/h6-9,12H,4-5,10-11H2,1-3H3,(H,18,19). The van der Waals surface area contributed by atoms with Crippen molar-refractivity contribution in [3.05, 3.63) is 46.5 Å². The molecule has 2 rings (SSSR count).